The smallest absolute Gasteiger partial charge is 0.173 e. The van der Waals surface area contributed by atoms with Crippen LogP contribution in [0.4, 0.5) is 0 Å². The van der Waals surface area contributed by atoms with Crippen LogP contribution in [0.1, 0.15) is 0 Å². The van der Waals surface area contributed by atoms with Gasteiger partial charge in [0.2, 0.25) is 0 Å². The van der Waals surface area contributed by atoms with Crippen molar-refractivity contribution in [2.45, 2.75) is 0 Å². The molecule has 0 rings (SSSR count). The topological polar surface area (TPSA) is 194 Å². The SMILES string of the molecule is C=CS(=O)(=O)CCOCCOCCOCCOCCOCCOCCOCCOCCOCCOCCOCCOCCN=[N+]=[N-]. The predicted molar refractivity (Wildman–Crippen MR) is 168 cm³/mol. The molecule has 0 saturated heterocycles. The molecule has 18 heteroatoms. The third-order valence-electron chi connectivity index (χ3n) is 5.26. The zero-order valence-corrected chi connectivity index (χ0v) is 28.0. The number of sulfone groups is 1. The molecule has 0 aliphatic heterocycles. The molecule has 0 radical (unpaired) electrons. The van der Waals surface area contributed by atoms with Gasteiger partial charge in [0, 0.05) is 16.9 Å². The normalized spacial score (nSPS) is 11.6. The van der Waals surface area contributed by atoms with Crippen LogP contribution in [0.3, 0.4) is 0 Å². The van der Waals surface area contributed by atoms with Gasteiger partial charge in [0.15, 0.2) is 9.84 Å². The fourth-order valence-electron chi connectivity index (χ4n) is 2.93. The fourth-order valence-corrected chi connectivity index (χ4v) is 3.45. The Labute approximate surface area is 273 Å². The molecule has 0 spiro atoms. The van der Waals surface area contributed by atoms with Crippen LogP contribution in [0, 0.1) is 0 Å². The third kappa shape index (κ3) is 38.7. The molecule has 0 aromatic heterocycles. The van der Waals surface area contributed by atoms with Crippen LogP contribution in [0.2, 0.25) is 0 Å². The van der Waals surface area contributed by atoms with Crippen LogP contribution in [0.15, 0.2) is 17.1 Å². The first-order valence-electron chi connectivity index (χ1n) is 15.4. The van der Waals surface area contributed by atoms with Gasteiger partial charge in [-0.15, -0.1) is 0 Å². The second kappa shape index (κ2) is 38.0. The lowest BCUT2D eigenvalue weighted by molar-refractivity contribution is -0.0282. The van der Waals surface area contributed by atoms with E-state index in [9.17, 15) is 8.42 Å². The molecule has 0 saturated carbocycles. The van der Waals surface area contributed by atoms with Gasteiger partial charge in [0.25, 0.3) is 0 Å². The maximum Gasteiger partial charge on any atom is 0.173 e. The van der Waals surface area contributed by atoms with E-state index in [4.69, 9.17) is 62.4 Å². The zero-order valence-electron chi connectivity index (χ0n) is 27.1. The molecule has 0 aromatic rings. The highest BCUT2D eigenvalue weighted by Gasteiger charge is 2.04. The molecule has 0 amide bonds. The van der Waals surface area contributed by atoms with Crippen molar-refractivity contribution in [1.29, 1.82) is 0 Å². The van der Waals surface area contributed by atoms with E-state index in [-0.39, 0.29) is 12.4 Å². The quantitative estimate of drug-likeness (QED) is 0.0384. The minimum atomic E-state index is -3.22. The van der Waals surface area contributed by atoms with Gasteiger partial charge < -0.3 is 56.8 Å². The zero-order chi connectivity index (χ0) is 33.5. The first-order valence-corrected chi connectivity index (χ1v) is 17.1. The molecule has 0 aliphatic rings. The summed E-state index contributed by atoms with van der Waals surface area (Å²) in [5.74, 6) is -0.0781. The van der Waals surface area contributed by atoms with Gasteiger partial charge in [-0.2, -0.15) is 0 Å². The van der Waals surface area contributed by atoms with Gasteiger partial charge in [-0.05, 0) is 5.53 Å². The molecule has 0 aliphatic carbocycles. The summed E-state index contributed by atoms with van der Waals surface area (Å²) in [6, 6.07) is 0. The van der Waals surface area contributed by atoms with Crippen molar-refractivity contribution in [2.24, 2.45) is 5.11 Å². The van der Waals surface area contributed by atoms with Crippen molar-refractivity contribution in [3.63, 3.8) is 0 Å². The van der Waals surface area contributed by atoms with Crippen LogP contribution >= 0.6 is 0 Å². The van der Waals surface area contributed by atoms with Gasteiger partial charge in [-0.3, -0.25) is 0 Å². The van der Waals surface area contributed by atoms with E-state index in [2.05, 4.69) is 16.6 Å². The first kappa shape index (κ1) is 44.5. The molecule has 0 fully saturated rings. The lowest BCUT2D eigenvalue weighted by atomic mass is 10.6. The molecule has 0 N–H and O–H groups in total. The van der Waals surface area contributed by atoms with Crippen molar-refractivity contribution in [2.75, 3.05) is 171 Å². The lowest BCUT2D eigenvalue weighted by Gasteiger charge is -2.09. The summed E-state index contributed by atoms with van der Waals surface area (Å²) >= 11 is 0. The Bertz CT molecular complexity index is 791. The second-order valence-corrected chi connectivity index (χ2v) is 10.9. The van der Waals surface area contributed by atoms with Gasteiger partial charge in [0.1, 0.15) is 0 Å². The summed E-state index contributed by atoms with van der Waals surface area (Å²) in [7, 11) is -3.22. The number of hydrogen-bond acceptors (Lipinski definition) is 15. The van der Waals surface area contributed by atoms with E-state index in [0.29, 0.717) is 159 Å². The van der Waals surface area contributed by atoms with E-state index >= 15 is 0 Å². The van der Waals surface area contributed by atoms with Gasteiger partial charge >= 0.3 is 0 Å². The van der Waals surface area contributed by atoms with Crippen LogP contribution < -0.4 is 0 Å². The van der Waals surface area contributed by atoms with Crippen molar-refractivity contribution in [3.05, 3.63) is 22.4 Å². The van der Waals surface area contributed by atoms with E-state index in [1.807, 2.05) is 0 Å². The Kier molecular flexibility index (Phi) is 36.8. The fraction of sp³-hybridized carbons (Fsp3) is 0.929. The predicted octanol–water partition coefficient (Wildman–Crippen LogP) is 1.05. The number of ether oxygens (including phenoxy) is 12. The summed E-state index contributed by atoms with van der Waals surface area (Å²) in [6.07, 6.45) is 0. The molecule has 0 heterocycles. The molecule has 17 nitrogen and oxygen atoms in total. The summed E-state index contributed by atoms with van der Waals surface area (Å²) in [4.78, 5) is 2.64. The standard InChI is InChI=1S/C28H55N3O14S/c1-2-46(32,33)28-27-45-26-25-44-24-23-43-22-21-42-20-19-41-18-17-40-16-15-39-14-13-38-12-11-37-10-9-36-8-7-35-6-5-34-4-3-30-31-29/h2H,1,3-28H2. The molecule has 46 heavy (non-hydrogen) atoms. The van der Waals surface area contributed by atoms with E-state index < -0.39 is 9.84 Å². The van der Waals surface area contributed by atoms with E-state index in [1.54, 1.807) is 0 Å². The van der Waals surface area contributed by atoms with Crippen molar-refractivity contribution >= 4 is 9.84 Å². The van der Waals surface area contributed by atoms with Gasteiger partial charge in [0.05, 0.1) is 164 Å². The summed E-state index contributed by atoms with van der Waals surface area (Å²) in [6.45, 7) is 14.2. The minimum Gasteiger partial charge on any atom is -0.379 e. The summed E-state index contributed by atoms with van der Waals surface area (Å²) < 4.78 is 87.0. The average Bonchev–Trinajstić information content (AvgIpc) is 3.05. The Morgan fingerprint density at radius 3 is 0.870 bits per heavy atom. The highest BCUT2D eigenvalue weighted by Crippen LogP contribution is 1.91. The summed E-state index contributed by atoms with van der Waals surface area (Å²) in [5.41, 5.74) is 8.13. The second-order valence-electron chi connectivity index (χ2n) is 8.84. The number of azide groups is 1. The molecular weight excluding hydrogens is 634 g/mol. The molecule has 0 atom stereocenters. The lowest BCUT2D eigenvalue weighted by Crippen LogP contribution is -2.15. The number of nitrogens with zero attached hydrogens (tertiary/aromatic N) is 3. The highest BCUT2D eigenvalue weighted by molar-refractivity contribution is 7.94. The third-order valence-corrected chi connectivity index (χ3v) is 6.50. The Morgan fingerprint density at radius 1 is 0.435 bits per heavy atom. The largest absolute Gasteiger partial charge is 0.379 e. The van der Waals surface area contributed by atoms with Crippen LogP contribution in [0.25, 0.3) is 10.4 Å². The maximum absolute atomic E-state index is 11.2. The Morgan fingerprint density at radius 2 is 0.652 bits per heavy atom. The van der Waals surface area contributed by atoms with E-state index in [0.717, 1.165) is 5.41 Å². The van der Waals surface area contributed by atoms with Crippen molar-refractivity contribution in [3.8, 4) is 0 Å². The van der Waals surface area contributed by atoms with E-state index in [1.165, 1.54) is 0 Å². The number of rotatable bonds is 40. The summed E-state index contributed by atoms with van der Waals surface area (Å²) in [5, 5.41) is 4.29. The van der Waals surface area contributed by atoms with Crippen LogP contribution in [-0.4, -0.2) is 179 Å². The monoisotopic (exact) mass is 689 g/mol. The van der Waals surface area contributed by atoms with Gasteiger partial charge in [-0.25, -0.2) is 8.42 Å². The molecule has 0 unspecified atom stereocenters. The highest BCUT2D eigenvalue weighted by atomic mass is 32.2. The average molecular weight is 690 g/mol. The Balaban J connectivity index is 3.08. The minimum absolute atomic E-state index is 0.0781. The number of hydrogen-bond donors (Lipinski definition) is 0. The molecule has 272 valence electrons. The Hall–Kier alpha value is -1.48. The molecular formula is C28H55N3O14S. The molecule has 0 aromatic carbocycles. The molecule has 0 bridgehead atoms. The van der Waals surface area contributed by atoms with Crippen molar-refractivity contribution < 1.29 is 65.3 Å². The first-order chi connectivity index (χ1) is 22.6. The van der Waals surface area contributed by atoms with Crippen LogP contribution in [0.5, 0.6) is 0 Å². The van der Waals surface area contributed by atoms with Crippen LogP contribution in [-0.2, 0) is 66.7 Å². The van der Waals surface area contributed by atoms with Gasteiger partial charge in [-0.1, -0.05) is 11.7 Å². The maximum atomic E-state index is 11.2. The van der Waals surface area contributed by atoms with Crippen molar-refractivity contribution in [1.82, 2.24) is 0 Å².